The highest BCUT2D eigenvalue weighted by Gasteiger charge is 2.61. The van der Waals surface area contributed by atoms with Crippen molar-refractivity contribution in [2.75, 3.05) is 13.9 Å². The van der Waals surface area contributed by atoms with Gasteiger partial charge in [-0.15, -0.1) is 11.3 Å². The molecule has 0 N–H and O–H groups in total. The smallest absolute Gasteiger partial charge is 0.188 e. The minimum absolute atomic E-state index is 0.226. The first-order valence-electron chi connectivity index (χ1n) is 12.1. The van der Waals surface area contributed by atoms with E-state index in [1.807, 2.05) is 11.3 Å². The van der Waals surface area contributed by atoms with E-state index in [-0.39, 0.29) is 5.41 Å². The first-order valence-corrected chi connectivity index (χ1v) is 12.9. The standard InChI is InChI=1S/C29H34O2S/c1-19-9-22(25-11-21-7-5-6-8-24(21)32-25)26(31-18-30-4)23(10-19)29-14-20-12-27(2,16-29)15-28(3,13-20)17-29/h5-11,20H,12-18H2,1-4H3/t20-,27+,28-,29-. The van der Waals surface area contributed by atoms with Crippen molar-refractivity contribution >= 4 is 21.4 Å². The Kier molecular flexibility index (Phi) is 4.59. The third kappa shape index (κ3) is 3.23. The van der Waals surface area contributed by atoms with Crippen molar-refractivity contribution in [2.45, 2.75) is 64.7 Å². The van der Waals surface area contributed by atoms with Gasteiger partial charge in [-0.2, -0.15) is 0 Å². The van der Waals surface area contributed by atoms with Crippen LogP contribution >= 0.6 is 11.3 Å². The van der Waals surface area contributed by atoms with E-state index >= 15 is 0 Å². The van der Waals surface area contributed by atoms with Crippen LogP contribution in [0.4, 0.5) is 0 Å². The monoisotopic (exact) mass is 446 g/mol. The minimum atomic E-state index is 0.226. The van der Waals surface area contributed by atoms with Gasteiger partial charge in [-0.1, -0.05) is 38.1 Å². The maximum absolute atomic E-state index is 6.46. The van der Waals surface area contributed by atoms with Crippen molar-refractivity contribution in [3.05, 3.63) is 53.6 Å². The molecule has 4 atom stereocenters. The van der Waals surface area contributed by atoms with Gasteiger partial charge >= 0.3 is 0 Å². The quantitative estimate of drug-likeness (QED) is 0.369. The number of methoxy groups -OCH3 is 1. The number of hydrogen-bond acceptors (Lipinski definition) is 3. The molecule has 0 spiro atoms. The van der Waals surface area contributed by atoms with Crippen LogP contribution in [0.1, 0.15) is 63.5 Å². The summed E-state index contributed by atoms with van der Waals surface area (Å²) < 4.78 is 13.2. The Morgan fingerprint density at radius 2 is 1.72 bits per heavy atom. The Labute approximate surface area is 195 Å². The zero-order valence-corrected chi connectivity index (χ0v) is 20.6. The van der Waals surface area contributed by atoms with Gasteiger partial charge in [-0.05, 0) is 91.3 Å². The van der Waals surface area contributed by atoms with E-state index in [1.165, 1.54) is 70.2 Å². The lowest BCUT2D eigenvalue weighted by atomic mass is 9.39. The summed E-state index contributed by atoms with van der Waals surface area (Å²) in [6.07, 6.45) is 8.12. The Hall–Kier alpha value is -1.84. The molecule has 0 aliphatic heterocycles. The molecule has 2 aromatic carbocycles. The van der Waals surface area contributed by atoms with Crippen LogP contribution in [0.25, 0.3) is 20.5 Å². The summed E-state index contributed by atoms with van der Waals surface area (Å²) >= 11 is 1.87. The number of benzene rings is 2. The van der Waals surface area contributed by atoms with Gasteiger partial charge < -0.3 is 9.47 Å². The zero-order chi connectivity index (χ0) is 22.1. The highest BCUT2D eigenvalue weighted by Crippen LogP contribution is 2.70. The molecule has 4 saturated carbocycles. The number of ether oxygens (including phenoxy) is 2. The largest absolute Gasteiger partial charge is 0.467 e. The molecule has 4 aliphatic carbocycles. The zero-order valence-electron chi connectivity index (χ0n) is 19.8. The van der Waals surface area contributed by atoms with Gasteiger partial charge in [0.25, 0.3) is 0 Å². The second-order valence-electron chi connectivity index (χ2n) is 11.8. The van der Waals surface area contributed by atoms with Gasteiger partial charge in [0.1, 0.15) is 5.75 Å². The van der Waals surface area contributed by atoms with E-state index in [0.29, 0.717) is 17.6 Å². The number of hydrogen-bond donors (Lipinski definition) is 0. The predicted molar refractivity (Wildman–Crippen MR) is 134 cm³/mol. The molecule has 0 saturated heterocycles. The Morgan fingerprint density at radius 1 is 0.969 bits per heavy atom. The molecule has 4 bridgehead atoms. The maximum Gasteiger partial charge on any atom is 0.188 e. The number of aryl methyl sites for hydroxylation is 1. The van der Waals surface area contributed by atoms with Gasteiger partial charge in [-0.3, -0.25) is 0 Å². The summed E-state index contributed by atoms with van der Waals surface area (Å²) in [7, 11) is 1.72. The van der Waals surface area contributed by atoms with Crippen LogP contribution in [0.2, 0.25) is 0 Å². The average molecular weight is 447 g/mol. The topological polar surface area (TPSA) is 18.5 Å². The van der Waals surface area contributed by atoms with Gasteiger partial charge in [0, 0.05) is 33.2 Å². The van der Waals surface area contributed by atoms with Crippen molar-refractivity contribution in [3.63, 3.8) is 0 Å². The summed E-state index contributed by atoms with van der Waals surface area (Å²) in [5.41, 5.74) is 5.18. The fraction of sp³-hybridized carbons (Fsp3) is 0.517. The van der Waals surface area contributed by atoms with Crippen LogP contribution in [0, 0.1) is 23.7 Å². The van der Waals surface area contributed by atoms with E-state index in [1.54, 1.807) is 7.11 Å². The highest BCUT2D eigenvalue weighted by atomic mass is 32.1. The lowest BCUT2D eigenvalue weighted by molar-refractivity contribution is -0.110. The fourth-order valence-electron chi connectivity index (χ4n) is 8.49. The molecule has 4 aliphatic rings. The maximum atomic E-state index is 6.46. The summed E-state index contributed by atoms with van der Waals surface area (Å²) in [5, 5.41) is 1.31. The second kappa shape index (κ2) is 7.08. The molecule has 2 nitrogen and oxygen atoms in total. The van der Waals surface area contributed by atoms with Gasteiger partial charge in [0.2, 0.25) is 0 Å². The molecule has 32 heavy (non-hydrogen) atoms. The molecule has 0 amide bonds. The summed E-state index contributed by atoms with van der Waals surface area (Å²) in [5.74, 6) is 1.92. The van der Waals surface area contributed by atoms with Crippen LogP contribution in [0.5, 0.6) is 5.75 Å². The second-order valence-corrected chi connectivity index (χ2v) is 12.9. The Bertz CT molecular complexity index is 1140. The lowest BCUT2D eigenvalue weighted by Crippen LogP contribution is -2.56. The normalized spacial score (nSPS) is 33.2. The Balaban J connectivity index is 1.55. The molecular weight excluding hydrogens is 412 g/mol. The predicted octanol–water partition coefficient (Wildman–Crippen LogP) is 8.11. The van der Waals surface area contributed by atoms with Crippen molar-refractivity contribution in [2.24, 2.45) is 16.7 Å². The summed E-state index contributed by atoms with van der Waals surface area (Å²) in [4.78, 5) is 1.30. The van der Waals surface area contributed by atoms with Crippen molar-refractivity contribution in [1.29, 1.82) is 0 Å². The Morgan fingerprint density at radius 3 is 2.41 bits per heavy atom. The van der Waals surface area contributed by atoms with Crippen molar-refractivity contribution < 1.29 is 9.47 Å². The SMILES string of the molecule is COCOc1c(-c2cc3ccccc3s2)cc(C)cc1[C@@]12C[C@@H]3C[C@@](C)(C[C@@](C)(C3)C1)C2. The van der Waals surface area contributed by atoms with E-state index in [4.69, 9.17) is 9.47 Å². The molecule has 0 unspecified atom stereocenters. The molecule has 4 fully saturated rings. The first kappa shape index (κ1) is 20.7. The fourth-order valence-corrected chi connectivity index (χ4v) is 9.56. The van der Waals surface area contributed by atoms with Gasteiger partial charge in [0.05, 0.1) is 0 Å². The van der Waals surface area contributed by atoms with E-state index < -0.39 is 0 Å². The molecule has 3 heteroatoms. The molecular formula is C29H34O2S. The van der Waals surface area contributed by atoms with Crippen molar-refractivity contribution in [3.8, 4) is 16.2 Å². The molecule has 168 valence electrons. The molecule has 1 aromatic heterocycles. The van der Waals surface area contributed by atoms with Crippen LogP contribution < -0.4 is 4.74 Å². The first-order chi connectivity index (χ1) is 15.3. The molecule has 1 heterocycles. The van der Waals surface area contributed by atoms with Crippen LogP contribution in [-0.4, -0.2) is 13.9 Å². The van der Waals surface area contributed by atoms with E-state index in [0.717, 1.165) is 11.7 Å². The summed E-state index contributed by atoms with van der Waals surface area (Å²) in [6.45, 7) is 7.66. The van der Waals surface area contributed by atoms with Crippen LogP contribution in [0.3, 0.4) is 0 Å². The van der Waals surface area contributed by atoms with E-state index in [9.17, 15) is 0 Å². The van der Waals surface area contributed by atoms with Crippen LogP contribution in [-0.2, 0) is 10.2 Å². The highest BCUT2D eigenvalue weighted by molar-refractivity contribution is 7.22. The lowest BCUT2D eigenvalue weighted by Gasteiger charge is -2.65. The third-order valence-electron chi connectivity index (χ3n) is 8.44. The number of thiophene rings is 1. The van der Waals surface area contributed by atoms with E-state index in [2.05, 4.69) is 63.2 Å². The molecule has 7 rings (SSSR count). The van der Waals surface area contributed by atoms with Crippen molar-refractivity contribution in [1.82, 2.24) is 0 Å². The average Bonchev–Trinajstić information content (AvgIpc) is 3.14. The number of rotatable bonds is 5. The number of fused-ring (bicyclic) bond motifs is 1. The van der Waals surface area contributed by atoms with Gasteiger partial charge in [0.15, 0.2) is 6.79 Å². The summed E-state index contributed by atoms with van der Waals surface area (Å²) in [6, 6.07) is 15.8. The molecule has 0 radical (unpaired) electrons. The van der Waals surface area contributed by atoms with Crippen LogP contribution in [0.15, 0.2) is 42.5 Å². The minimum Gasteiger partial charge on any atom is -0.467 e. The third-order valence-corrected chi connectivity index (χ3v) is 9.59. The van der Waals surface area contributed by atoms with Gasteiger partial charge in [-0.25, -0.2) is 0 Å². The molecule has 3 aromatic rings.